The largest absolute Gasteiger partial charge is 0.324 e. The van der Waals surface area contributed by atoms with Gasteiger partial charge in [-0.3, -0.25) is 0 Å². The van der Waals surface area contributed by atoms with Crippen LogP contribution in [0.3, 0.4) is 0 Å². The van der Waals surface area contributed by atoms with Gasteiger partial charge in [0.25, 0.3) is 0 Å². The van der Waals surface area contributed by atoms with Crippen molar-refractivity contribution >= 4 is 22.2 Å². The van der Waals surface area contributed by atoms with E-state index < -0.39 is 9.84 Å². The van der Waals surface area contributed by atoms with Gasteiger partial charge in [0.2, 0.25) is 0 Å². The molecule has 0 aromatic heterocycles. The average Bonchev–Trinajstić information content (AvgIpc) is 1.80. The molecule has 0 fully saturated rings. The lowest BCUT2D eigenvalue weighted by Gasteiger charge is -2.08. The first-order chi connectivity index (χ1) is 5.31. The van der Waals surface area contributed by atoms with Crippen molar-refractivity contribution in [3.05, 3.63) is 11.5 Å². The molecule has 5 heteroatoms. The highest BCUT2D eigenvalue weighted by Crippen LogP contribution is 2.03. The second-order valence-corrected chi connectivity index (χ2v) is 5.38. The summed E-state index contributed by atoms with van der Waals surface area (Å²) < 4.78 is 21.4. The Labute approximate surface area is 86.7 Å². The lowest BCUT2D eigenvalue weighted by molar-refractivity contribution is 0.546. The molecule has 2 N–H and O–H groups in total. The molecule has 0 rings (SSSR count). The van der Waals surface area contributed by atoms with Crippen LogP contribution < -0.4 is 5.73 Å². The third kappa shape index (κ3) is 11.9. The molecule has 13 heavy (non-hydrogen) atoms. The topological polar surface area (TPSA) is 60.2 Å². The van der Waals surface area contributed by atoms with Gasteiger partial charge in [-0.25, -0.2) is 8.42 Å². The van der Waals surface area contributed by atoms with E-state index in [1.165, 1.54) is 11.5 Å². The lowest BCUT2D eigenvalue weighted by atomic mass is 10.1. The second kappa shape index (κ2) is 6.40. The van der Waals surface area contributed by atoms with Crippen LogP contribution in [0, 0.1) is 5.92 Å². The van der Waals surface area contributed by atoms with Crippen LogP contribution in [-0.2, 0) is 9.84 Å². The Hall–Kier alpha value is -0.0600. The van der Waals surface area contributed by atoms with Gasteiger partial charge in [-0.2, -0.15) is 0 Å². The normalized spacial score (nSPS) is 14.5. The maximum Gasteiger partial charge on any atom is 0.168 e. The van der Waals surface area contributed by atoms with Gasteiger partial charge in [0.1, 0.15) is 0 Å². The molecule has 1 atom stereocenters. The van der Waals surface area contributed by atoms with Gasteiger partial charge < -0.3 is 5.73 Å². The van der Waals surface area contributed by atoms with Gasteiger partial charge in [-0.05, 0) is 12.3 Å². The summed E-state index contributed by atoms with van der Waals surface area (Å²) in [7, 11) is -3.02. The first-order valence-electron chi connectivity index (χ1n) is 3.95. The Morgan fingerprint density at radius 2 is 1.85 bits per heavy atom. The van der Waals surface area contributed by atoms with E-state index in [2.05, 4.69) is 0 Å². The van der Waals surface area contributed by atoms with Crippen molar-refractivity contribution in [3.63, 3.8) is 0 Å². The summed E-state index contributed by atoms with van der Waals surface area (Å²) in [6.07, 6.45) is 3.51. The molecule has 0 aliphatic carbocycles. The Kier molecular flexibility index (Phi) is 7.59. The van der Waals surface area contributed by atoms with Crippen molar-refractivity contribution in [2.75, 3.05) is 6.26 Å². The van der Waals surface area contributed by atoms with Gasteiger partial charge in [0.15, 0.2) is 9.84 Å². The maximum atomic E-state index is 10.7. The van der Waals surface area contributed by atoms with Crippen LogP contribution >= 0.6 is 12.4 Å². The van der Waals surface area contributed by atoms with Crippen molar-refractivity contribution in [3.8, 4) is 0 Å². The third-order valence-corrected chi connectivity index (χ3v) is 1.97. The molecule has 0 radical (unpaired) electrons. The summed E-state index contributed by atoms with van der Waals surface area (Å²) in [5.41, 5.74) is 5.63. The fourth-order valence-corrected chi connectivity index (χ4v) is 1.35. The number of sulfone groups is 1. The summed E-state index contributed by atoms with van der Waals surface area (Å²) >= 11 is 0. The molecule has 0 bridgehead atoms. The van der Waals surface area contributed by atoms with Crippen molar-refractivity contribution < 1.29 is 8.42 Å². The van der Waals surface area contributed by atoms with Crippen molar-refractivity contribution in [1.29, 1.82) is 0 Å². The standard InChI is InChI=1S/C8H17NO2S.ClH/c1-7(2)6-8(9)4-5-12(3,10)11;/h4-5,7-8H,6,9H2,1-3H3;1H/t8-;/m1./s1. The van der Waals surface area contributed by atoms with Crippen LogP contribution in [0.2, 0.25) is 0 Å². The molecule has 0 aliphatic rings. The smallest absolute Gasteiger partial charge is 0.168 e. The van der Waals surface area contributed by atoms with E-state index in [0.29, 0.717) is 5.92 Å². The summed E-state index contributed by atoms with van der Waals surface area (Å²) in [5.74, 6) is 0.490. The Balaban J connectivity index is 0. The highest BCUT2D eigenvalue weighted by Gasteiger charge is 2.02. The quantitative estimate of drug-likeness (QED) is 0.789. The molecule has 0 heterocycles. The SMILES string of the molecule is CC(C)C[C@H](N)C=CS(C)(=O)=O.Cl. The van der Waals surface area contributed by atoms with Gasteiger partial charge >= 0.3 is 0 Å². The predicted octanol–water partition coefficient (Wildman–Crippen LogP) is 1.34. The average molecular weight is 228 g/mol. The van der Waals surface area contributed by atoms with Crippen LogP contribution in [-0.4, -0.2) is 20.7 Å². The van der Waals surface area contributed by atoms with E-state index in [1.54, 1.807) is 0 Å². The molecule has 0 unspecified atom stereocenters. The fourth-order valence-electron chi connectivity index (χ4n) is 0.867. The third-order valence-electron chi connectivity index (χ3n) is 1.32. The second-order valence-electron chi connectivity index (χ2n) is 3.45. The molecule has 80 valence electrons. The van der Waals surface area contributed by atoms with Crippen LogP contribution in [0.4, 0.5) is 0 Å². The van der Waals surface area contributed by atoms with Crippen LogP contribution in [0.5, 0.6) is 0 Å². The minimum atomic E-state index is -3.02. The molecule has 0 aromatic rings. The predicted molar refractivity (Wildman–Crippen MR) is 58.7 cm³/mol. The number of nitrogens with two attached hydrogens (primary N) is 1. The van der Waals surface area contributed by atoms with Gasteiger partial charge in [-0.1, -0.05) is 19.9 Å². The van der Waals surface area contributed by atoms with Crippen molar-refractivity contribution in [2.24, 2.45) is 11.7 Å². The molecule has 0 aromatic carbocycles. The number of hydrogen-bond donors (Lipinski definition) is 1. The zero-order chi connectivity index (χ0) is 9.78. The van der Waals surface area contributed by atoms with Crippen LogP contribution in [0.25, 0.3) is 0 Å². The summed E-state index contributed by atoms with van der Waals surface area (Å²) in [6, 6.07) is -0.153. The first kappa shape index (κ1) is 15.4. The van der Waals surface area contributed by atoms with E-state index >= 15 is 0 Å². The summed E-state index contributed by atoms with van der Waals surface area (Å²) in [4.78, 5) is 0. The molecule has 0 saturated heterocycles. The van der Waals surface area contributed by atoms with Gasteiger partial charge in [0, 0.05) is 17.7 Å². The zero-order valence-electron chi connectivity index (χ0n) is 8.23. The molecule has 0 saturated carbocycles. The van der Waals surface area contributed by atoms with Crippen LogP contribution in [0.15, 0.2) is 11.5 Å². The van der Waals surface area contributed by atoms with E-state index in [-0.39, 0.29) is 18.4 Å². The molecule has 0 amide bonds. The number of halogens is 1. The highest BCUT2D eigenvalue weighted by atomic mass is 35.5. The lowest BCUT2D eigenvalue weighted by Crippen LogP contribution is -2.19. The number of hydrogen-bond acceptors (Lipinski definition) is 3. The summed E-state index contributed by atoms with van der Waals surface area (Å²) in [5, 5.41) is 1.17. The Morgan fingerprint density at radius 3 is 2.15 bits per heavy atom. The molecule has 0 spiro atoms. The highest BCUT2D eigenvalue weighted by molar-refractivity contribution is 7.93. The first-order valence-corrected chi connectivity index (χ1v) is 5.90. The van der Waals surface area contributed by atoms with E-state index in [9.17, 15) is 8.42 Å². The monoisotopic (exact) mass is 227 g/mol. The fraction of sp³-hybridized carbons (Fsp3) is 0.750. The van der Waals surface area contributed by atoms with E-state index in [1.807, 2.05) is 13.8 Å². The van der Waals surface area contributed by atoms with Crippen molar-refractivity contribution in [2.45, 2.75) is 26.3 Å². The minimum Gasteiger partial charge on any atom is -0.324 e. The Morgan fingerprint density at radius 1 is 1.38 bits per heavy atom. The summed E-state index contributed by atoms with van der Waals surface area (Å²) in [6.45, 7) is 4.10. The molecular weight excluding hydrogens is 210 g/mol. The minimum absolute atomic E-state index is 0. The van der Waals surface area contributed by atoms with Crippen LogP contribution in [0.1, 0.15) is 20.3 Å². The zero-order valence-corrected chi connectivity index (χ0v) is 9.86. The molecule has 3 nitrogen and oxygen atoms in total. The molecule has 0 aliphatic heterocycles. The number of rotatable bonds is 4. The van der Waals surface area contributed by atoms with Crippen molar-refractivity contribution in [1.82, 2.24) is 0 Å². The Bertz CT molecular complexity index is 247. The van der Waals surface area contributed by atoms with Gasteiger partial charge in [-0.15, -0.1) is 12.4 Å². The molecular formula is C8H18ClNO2S. The van der Waals surface area contributed by atoms with E-state index in [4.69, 9.17) is 5.73 Å². The van der Waals surface area contributed by atoms with E-state index in [0.717, 1.165) is 12.7 Å². The van der Waals surface area contributed by atoms with Gasteiger partial charge in [0.05, 0.1) is 0 Å². The maximum absolute atomic E-state index is 10.7.